The first-order chi connectivity index (χ1) is 10.6. The maximum absolute atomic E-state index is 10.1. The van der Waals surface area contributed by atoms with Crippen molar-refractivity contribution in [1.29, 1.82) is 0 Å². The number of aliphatic hydroxyl groups is 3. The molecule has 116 valence electrons. The Balaban J connectivity index is 2.10. The zero-order chi connectivity index (χ0) is 15.9. The van der Waals surface area contributed by atoms with Gasteiger partial charge in [-0.3, -0.25) is 4.57 Å². The van der Waals surface area contributed by atoms with Crippen molar-refractivity contribution in [3.63, 3.8) is 0 Å². The van der Waals surface area contributed by atoms with Crippen LogP contribution in [0.2, 0.25) is 0 Å². The van der Waals surface area contributed by atoms with Gasteiger partial charge in [-0.15, -0.1) is 0 Å². The van der Waals surface area contributed by atoms with Gasteiger partial charge in [0.25, 0.3) is 0 Å². The van der Waals surface area contributed by atoms with Crippen LogP contribution in [0, 0.1) is 3.70 Å². The topological polar surface area (TPSA) is 162 Å². The Kier molecular flexibility index (Phi) is 4.12. The standard InChI is InChI=1S/C10H10IN7O4/c11-7-4-8(15-10(14-7)16-17-12)18(2-13-4)9-6(21)5(20)3(1-19)22-9/h2-3,5-6,9,19-21H,1H2. The summed E-state index contributed by atoms with van der Waals surface area (Å²) in [5.41, 5.74) is 9.21. The van der Waals surface area contributed by atoms with Crippen molar-refractivity contribution >= 4 is 39.7 Å². The summed E-state index contributed by atoms with van der Waals surface area (Å²) in [7, 11) is 0. The van der Waals surface area contributed by atoms with Crippen LogP contribution >= 0.6 is 22.6 Å². The molecule has 12 heteroatoms. The van der Waals surface area contributed by atoms with Crippen LogP contribution in [0.1, 0.15) is 6.23 Å². The lowest BCUT2D eigenvalue weighted by Gasteiger charge is -2.16. The molecule has 0 aliphatic carbocycles. The number of ether oxygens (including phenoxy) is 1. The molecule has 0 saturated carbocycles. The van der Waals surface area contributed by atoms with E-state index in [9.17, 15) is 10.2 Å². The van der Waals surface area contributed by atoms with Crippen LogP contribution in [-0.4, -0.2) is 59.8 Å². The van der Waals surface area contributed by atoms with Gasteiger partial charge in [-0.05, 0) is 33.2 Å². The normalized spacial score (nSPS) is 28.0. The summed E-state index contributed by atoms with van der Waals surface area (Å²) >= 11 is 1.92. The molecule has 3 N–H and O–H groups in total. The van der Waals surface area contributed by atoms with E-state index >= 15 is 0 Å². The minimum absolute atomic E-state index is 0.0899. The van der Waals surface area contributed by atoms with Crippen LogP contribution in [0.5, 0.6) is 0 Å². The van der Waals surface area contributed by atoms with Crippen molar-refractivity contribution in [2.75, 3.05) is 6.61 Å². The number of hydrogen-bond acceptors (Lipinski definition) is 8. The lowest BCUT2D eigenvalue weighted by Crippen LogP contribution is -2.33. The van der Waals surface area contributed by atoms with E-state index in [2.05, 4.69) is 25.0 Å². The number of aromatic nitrogens is 4. The molecule has 1 aliphatic heterocycles. The lowest BCUT2D eigenvalue weighted by molar-refractivity contribution is -0.0511. The number of azide groups is 1. The second-order valence-corrected chi connectivity index (χ2v) is 5.58. The predicted molar refractivity (Wildman–Crippen MR) is 79.9 cm³/mol. The predicted octanol–water partition coefficient (Wildman–Crippen LogP) is -0.0158. The molecule has 0 radical (unpaired) electrons. The highest BCUT2D eigenvalue weighted by molar-refractivity contribution is 14.1. The quantitative estimate of drug-likeness (QED) is 0.207. The van der Waals surface area contributed by atoms with Crippen molar-refractivity contribution in [1.82, 2.24) is 19.5 Å². The molecule has 1 fully saturated rings. The lowest BCUT2D eigenvalue weighted by atomic mass is 10.1. The zero-order valence-electron chi connectivity index (χ0n) is 10.9. The molecule has 22 heavy (non-hydrogen) atoms. The van der Waals surface area contributed by atoms with E-state index in [4.69, 9.17) is 15.4 Å². The Bertz CT molecular complexity index is 761. The number of fused-ring (bicyclic) bond motifs is 1. The van der Waals surface area contributed by atoms with Gasteiger partial charge in [-0.1, -0.05) is 0 Å². The molecular weight excluding hydrogens is 409 g/mol. The maximum atomic E-state index is 10.1. The van der Waals surface area contributed by atoms with E-state index in [1.165, 1.54) is 10.9 Å². The van der Waals surface area contributed by atoms with Crippen LogP contribution in [0.4, 0.5) is 5.95 Å². The zero-order valence-corrected chi connectivity index (χ0v) is 13.0. The number of halogens is 1. The Hall–Kier alpha value is -1.57. The Morgan fingerprint density at radius 1 is 1.41 bits per heavy atom. The molecule has 0 aromatic carbocycles. The minimum atomic E-state index is -1.26. The van der Waals surface area contributed by atoms with Gasteiger partial charge in [0, 0.05) is 4.91 Å². The van der Waals surface area contributed by atoms with Crippen molar-refractivity contribution in [2.24, 2.45) is 5.11 Å². The van der Waals surface area contributed by atoms with Gasteiger partial charge < -0.3 is 20.1 Å². The summed E-state index contributed by atoms with van der Waals surface area (Å²) < 4.78 is 7.30. The SMILES string of the molecule is [N-]=[N+]=Nc1nc(I)c2ncn(C3OC(CO)C(O)C3O)c2n1. The van der Waals surface area contributed by atoms with Crippen LogP contribution in [0.25, 0.3) is 21.6 Å². The van der Waals surface area contributed by atoms with Gasteiger partial charge in [-0.25, -0.2) is 15.0 Å². The molecular formula is C10H10IN7O4. The number of nitrogens with zero attached hydrogens (tertiary/aromatic N) is 7. The van der Waals surface area contributed by atoms with Gasteiger partial charge in [0.1, 0.15) is 27.5 Å². The average Bonchev–Trinajstić information content (AvgIpc) is 3.03. The third-order valence-electron chi connectivity index (χ3n) is 3.29. The van der Waals surface area contributed by atoms with Gasteiger partial charge in [0.05, 0.1) is 12.9 Å². The highest BCUT2D eigenvalue weighted by Gasteiger charge is 2.44. The van der Waals surface area contributed by atoms with Gasteiger partial charge in [-0.2, -0.15) is 0 Å². The number of hydrogen-bond donors (Lipinski definition) is 3. The molecule has 0 bridgehead atoms. The van der Waals surface area contributed by atoms with E-state index in [1.807, 2.05) is 22.6 Å². The molecule has 1 saturated heterocycles. The fourth-order valence-corrected chi connectivity index (χ4v) is 2.85. The summed E-state index contributed by atoms with van der Waals surface area (Å²) in [6.07, 6.45) is -2.99. The van der Waals surface area contributed by atoms with E-state index in [0.717, 1.165) is 0 Å². The van der Waals surface area contributed by atoms with Crippen LogP contribution < -0.4 is 0 Å². The van der Waals surface area contributed by atoms with E-state index in [0.29, 0.717) is 9.22 Å². The Labute approximate surface area is 136 Å². The minimum Gasteiger partial charge on any atom is -0.394 e. The second kappa shape index (κ2) is 5.91. The number of imidazole rings is 1. The van der Waals surface area contributed by atoms with Crippen LogP contribution in [-0.2, 0) is 4.74 Å². The summed E-state index contributed by atoms with van der Waals surface area (Å²) in [5, 5.41) is 32.4. The van der Waals surface area contributed by atoms with E-state index in [-0.39, 0.29) is 11.6 Å². The van der Waals surface area contributed by atoms with Gasteiger partial charge in [0.15, 0.2) is 11.9 Å². The van der Waals surface area contributed by atoms with Gasteiger partial charge >= 0.3 is 0 Å². The fourth-order valence-electron chi connectivity index (χ4n) is 2.25. The van der Waals surface area contributed by atoms with Crippen molar-refractivity contribution in [3.8, 4) is 0 Å². The highest BCUT2D eigenvalue weighted by atomic mass is 127. The third kappa shape index (κ3) is 2.39. The average molecular weight is 419 g/mol. The van der Waals surface area contributed by atoms with Crippen molar-refractivity contribution < 1.29 is 20.1 Å². The first-order valence-electron chi connectivity index (χ1n) is 6.14. The molecule has 3 rings (SSSR count). The molecule has 2 aromatic rings. The summed E-state index contributed by atoms with van der Waals surface area (Å²) in [6.45, 7) is -0.433. The van der Waals surface area contributed by atoms with Crippen molar-refractivity contribution in [2.45, 2.75) is 24.5 Å². The monoisotopic (exact) mass is 419 g/mol. The summed E-state index contributed by atoms with van der Waals surface area (Å²) in [6, 6.07) is 0. The smallest absolute Gasteiger partial charge is 0.219 e. The molecule has 0 spiro atoms. The largest absolute Gasteiger partial charge is 0.394 e. The molecule has 0 amide bonds. The number of rotatable bonds is 3. The Morgan fingerprint density at radius 2 is 2.18 bits per heavy atom. The van der Waals surface area contributed by atoms with Crippen LogP contribution in [0.3, 0.4) is 0 Å². The first-order valence-corrected chi connectivity index (χ1v) is 7.22. The molecule has 4 atom stereocenters. The summed E-state index contributed by atoms with van der Waals surface area (Å²) in [5.74, 6) is -0.0899. The van der Waals surface area contributed by atoms with E-state index in [1.54, 1.807) is 0 Å². The number of aliphatic hydroxyl groups excluding tert-OH is 3. The van der Waals surface area contributed by atoms with Crippen molar-refractivity contribution in [3.05, 3.63) is 20.5 Å². The molecule has 11 nitrogen and oxygen atoms in total. The fraction of sp³-hybridized carbons (Fsp3) is 0.500. The summed E-state index contributed by atoms with van der Waals surface area (Å²) in [4.78, 5) is 14.8. The third-order valence-corrected chi connectivity index (χ3v) is 4.04. The van der Waals surface area contributed by atoms with Crippen LogP contribution in [0.15, 0.2) is 11.4 Å². The molecule has 4 unspecified atom stereocenters. The molecule has 3 heterocycles. The Morgan fingerprint density at radius 3 is 2.82 bits per heavy atom. The van der Waals surface area contributed by atoms with E-state index < -0.39 is 31.1 Å². The second-order valence-electron chi connectivity index (χ2n) is 4.56. The maximum Gasteiger partial charge on any atom is 0.219 e. The first kappa shape index (κ1) is 15.3. The molecule has 1 aliphatic rings. The molecule has 2 aromatic heterocycles. The van der Waals surface area contributed by atoms with Gasteiger partial charge in [0.2, 0.25) is 5.95 Å². The highest BCUT2D eigenvalue weighted by Crippen LogP contribution is 2.32.